The smallest absolute Gasteiger partial charge is 0.258 e. The van der Waals surface area contributed by atoms with Crippen LogP contribution >= 0.6 is 23.8 Å². The van der Waals surface area contributed by atoms with Gasteiger partial charge in [-0.25, -0.2) is 0 Å². The number of hydrogen-bond donors (Lipinski definition) is 1. The molecule has 7 heteroatoms. The third-order valence-electron chi connectivity index (χ3n) is 6.00. The van der Waals surface area contributed by atoms with Crippen LogP contribution in [0.5, 0.6) is 0 Å². The van der Waals surface area contributed by atoms with Gasteiger partial charge in [-0.3, -0.25) is 4.90 Å². The lowest BCUT2D eigenvalue weighted by atomic mass is 9.94. The van der Waals surface area contributed by atoms with Gasteiger partial charge in [-0.1, -0.05) is 83.0 Å². The molecule has 34 heavy (non-hydrogen) atoms. The average molecular weight is 487 g/mol. The molecular weight excluding hydrogens is 464 g/mol. The second kappa shape index (κ2) is 9.05. The van der Waals surface area contributed by atoms with Crippen molar-refractivity contribution in [1.82, 2.24) is 15.5 Å². The minimum absolute atomic E-state index is 0.239. The molecule has 0 radical (unpaired) electrons. The summed E-state index contributed by atoms with van der Waals surface area (Å²) in [6.45, 7) is 6.04. The Morgan fingerprint density at radius 1 is 0.971 bits per heavy atom. The van der Waals surface area contributed by atoms with E-state index in [0.717, 1.165) is 33.6 Å². The zero-order valence-electron chi connectivity index (χ0n) is 19.0. The SMILES string of the molecule is CC1=C(c2nc(-c3ccc(C)cc3)no2)C(c2ccccc2)NC(=S)N1c1ccc(C)c(Cl)c1. The van der Waals surface area contributed by atoms with Crippen LogP contribution < -0.4 is 10.2 Å². The van der Waals surface area contributed by atoms with E-state index in [1.807, 2.05) is 86.3 Å². The molecule has 2 heterocycles. The number of hydrogen-bond acceptors (Lipinski definition) is 4. The fraction of sp³-hybridized carbons (Fsp3) is 0.148. The Balaban J connectivity index is 1.65. The van der Waals surface area contributed by atoms with Crippen molar-refractivity contribution in [2.24, 2.45) is 0 Å². The lowest BCUT2D eigenvalue weighted by Gasteiger charge is -2.37. The minimum Gasteiger partial charge on any atom is -0.351 e. The Bertz CT molecular complexity index is 1400. The molecule has 1 unspecified atom stereocenters. The van der Waals surface area contributed by atoms with E-state index in [1.54, 1.807) is 0 Å². The van der Waals surface area contributed by atoms with E-state index < -0.39 is 0 Å². The highest BCUT2D eigenvalue weighted by molar-refractivity contribution is 7.80. The lowest BCUT2D eigenvalue weighted by Crippen LogP contribution is -2.46. The predicted molar refractivity (Wildman–Crippen MR) is 141 cm³/mol. The number of aromatic nitrogens is 2. The fourth-order valence-electron chi connectivity index (χ4n) is 4.10. The molecule has 0 saturated carbocycles. The number of aryl methyl sites for hydroxylation is 2. The molecule has 3 aromatic carbocycles. The van der Waals surface area contributed by atoms with Gasteiger partial charge in [0.05, 0.1) is 11.6 Å². The summed E-state index contributed by atoms with van der Waals surface area (Å²) in [5.41, 5.74) is 6.76. The van der Waals surface area contributed by atoms with Crippen LogP contribution in [0.25, 0.3) is 17.0 Å². The van der Waals surface area contributed by atoms with Crippen LogP contribution in [-0.2, 0) is 0 Å². The molecule has 5 rings (SSSR count). The van der Waals surface area contributed by atoms with Crippen LogP contribution in [-0.4, -0.2) is 15.3 Å². The first-order chi connectivity index (χ1) is 16.4. The summed E-state index contributed by atoms with van der Waals surface area (Å²) >= 11 is 12.2. The second-order valence-electron chi connectivity index (χ2n) is 8.35. The number of nitrogens with zero attached hydrogens (tertiary/aromatic N) is 3. The van der Waals surface area contributed by atoms with Crippen molar-refractivity contribution in [3.05, 3.63) is 106 Å². The Morgan fingerprint density at radius 3 is 2.41 bits per heavy atom. The highest BCUT2D eigenvalue weighted by Gasteiger charge is 2.34. The van der Waals surface area contributed by atoms with Crippen molar-refractivity contribution in [3.8, 4) is 11.4 Å². The Hall–Kier alpha value is -3.48. The molecule has 0 bridgehead atoms. The van der Waals surface area contributed by atoms with Crippen LogP contribution in [0.1, 0.15) is 35.5 Å². The Morgan fingerprint density at radius 2 is 1.71 bits per heavy atom. The Kier molecular flexibility index (Phi) is 5.94. The molecule has 1 aromatic heterocycles. The maximum Gasteiger partial charge on any atom is 0.258 e. The monoisotopic (exact) mass is 486 g/mol. The minimum atomic E-state index is -0.239. The summed E-state index contributed by atoms with van der Waals surface area (Å²) in [6.07, 6.45) is 0. The molecule has 0 aliphatic carbocycles. The van der Waals surface area contributed by atoms with E-state index in [-0.39, 0.29) is 6.04 Å². The number of allylic oxidation sites excluding steroid dienone is 1. The van der Waals surface area contributed by atoms with Crippen molar-refractivity contribution in [1.29, 1.82) is 0 Å². The number of rotatable bonds is 4. The van der Waals surface area contributed by atoms with Gasteiger partial charge in [0.15, 0.2) is 5.11 Å². The van der Waals surface area contributed by atoms with Crippen LogP contribution in [0, 0.1) is 13.8 Å². The molecule has 1 N–H and O–H groups in total. The number of benzene rings is 3. The third-order valence-corrected chi connectivity index (χ3v) is 6.71. The van der Waals surface area contributed by atoms with E-state index >= 15 is 0 Å². The van der Waals surface area contributed by atoms with Crippen molar-refractivity contribution < 1.29 is 4.52 Å². The highest BCUT2D eigenvalue weighted by Crippen LogP contribution is 2.39. The van der Waals surface area contributed by atoms with Gasteiger partial charge in [0, 0.05) is 22.0 Å². The normalized spacial score (nSPS) is 16.1. The second-order valence-corrected chi connectivity index (χ2v) is 9.14. The number of thiocarbonyl (C=S) groups is 1. The molecule has 1 atom stereocenters. The molecule has 1 aliphatic heterocycles. The molecule has 170 valence electrons. The standard InChI is InChI=1S/C27H23ClN4OS/c1-16-9-12-20(13-10-16)25-30-26(33-31-25)23-18(3)32(21-14-11-17(2)22(28)15-21)27(34)29-24(23)19-7-5-4-6-8-19/h4-15,24H,1-3H3,(H,29,34). The van der Waals surface area contributed by atoms with E-state index in [1.165, 1.54) is 5.56 Å². The van der Waals surface area contributed by atoms with Crippen molar-refractivity contribution in [2.75, 3.05) is 4.90 Å². The quantitative estimate of drug-likeness (QED) is 0.317. The van der Waals surface area contributed by atoms with Gasteiger partial charge in [-0.05, 0) is 56.2 Å². The van der Waals surface area contributed by atoms with Crippen LogP contribution in [0.4, 0.5) is 5.69 Å². The largest absolute Gasteiger partial charge is 0.351 e. The van der Waals surface area contributed by atoms with E-state index in [9.17, 15) is 0 Å². The first kappa shape index (κ1) is 22.3. The first-order valence-electron chi connectivity index (χ1n) is 11.0. The van der Waals surface area contributed by atoms with Crippen LogP contribution in [0.2, 0.25) is 5.02 Å². The molecule has 0 fully saturated rings. The molecule has 0 spiro atoms. The molecule has 0 saturated heterocycles. The van der Waals surface area contributed by atoms with Crippen molar-refractivity contribution in [3.63, 3.8) is 0 Å². The number of halogens is 1. The van der Waals surface area contributed by atoms with Gasteiger partial charge in [0.2, 0.25) is 5.82 Å². The summed E-state index contributed by atoms with van der Waals surface area (Å²) < 4.78 is 5.82. The van der Waals surface area contributed by atoms with Crippen molar-refractivity contribution >= 4 is 40.2 Å². The summed E-state index contributed by atoms with van der Waals surface area (Å²) in [4.78, 5) is 6.74. The summed E-state index contributed by atoms with van der Waals surface area (Å²) in [7, 11) is 0. The predicted octanol–water partition coefficient (Wildman–Crippen LogP) is 6.87. The lowest BCUT2D eigenvalue weighted by molar-refractivity contribution is 0.404. The van der Waals surface area contributed by atoms with Gasteiger partial charge in [-0.2, -0.15) is 4.98 Å². The summed E-state index contributed by atoms with van der Waals surface area (Å²) in [6, 6.07) is 23.8. The van der Waals surface area contributed by atoms with E-state index in [0.29, 0.717) is 21.9 Å². The molecule has 0 amide bonds. The maximum atomic E-state index is 6.44. The van der Waals surface area contributed by atoms with Crippen LogP contribution in [0.15, 0.2) is 83.0 Å². The van der Waals surface area contributed by atoms with Gasteiger partial charge >= 0.3 is 0 Å². The van der Waals surface area contributed by atoms with Crippen LogP contribution in [0.3, 0.4) is 0 Å². The zero-order valence-corrected chi connectivity index (χ0v) is 20.6. The number of anilines is 1. The summed E-state index contributed by atoms with van der Waals surface area (Å²) in [5.74, 6) is 0.986. The average Bonchev–Trinajstić information content (AvgIpc) is 3.31. The fourth-order valence-corrected chi connectivity index (χ4v) is 4.64. The highest BCUT2D eigenvalue weighted by atomic mass is 35.5. The molecule has 1 aliphatic rings. The van der Waals surface area contributed by atoms with Gasteiger partial charge < -0.3 is 9.84 Å². The van der Waals surface area contributed by atoms with E-state index in [2.05, 4.69) is 22.6 Å². The Labute approximate surface area is 209 Å². The molecule has 5 nitrogen and oxygen atoms in total. The maximum absolute atomic E-state index is 6.44. The van der Waals surface area contributed by atoms with E-state index in [4.69, 9.17) is 33.3 Å². The van der Waals surface area contributed by atoms with Gasteiger partial charge in [0.25, 0.3) is 5.89 Å². The molecule has 4 aromatic rings. The molecular formula is C27H23ClN4OS. The number of nitrogens with one attached hydrogen (secondary N) is 1. The topological polar surface area (TPSA) is 54.2 Å². The van der Waals surface area contributed by atoms with Gasteiger partial charge in [-0.15, -0.1) is 0 Å². The first-order valence-corrected chi connectivity index (χ1v) is 11.7. The van der Waals surface area contributed by atoms with Gasteiger partial charge in [0.1, 0.15) is 0 Å². The van der Waals surface area contributed by atoms with Crippen molar-refractivity contribution in [2.45, 2.75) is 26.8 Å². The zero-order chi connectivity index (χ0) is 23.8. The summed E-state index contributed by atoms with van der Waals surface area (Å²) in [5, 5.41) is 9.01. The third kappa shape index (κ3) is 4.11.